The number of anilines is 2. The second kappa shape index (κ2) is 8.73. The van der Waals surface area contributed by atoms with E-state index in [-0.39, 0.29) is 11.5 Å². The van der Waals surface area contributed by atoms with Gasteiger partial charge in [0.25, 0.3) is 5.78 Å². The number of thioether (sulfide) groups is 1. The van der Waals surface area contributed by atoms with Gasteiger partial charge in [-0.2, -0.15) is 9.97 Å². The number of fused-ring (bicyclic) bond motifs is 1. The average molecular weight is 426 g/mol. The van der Waals surface area contributed by atoms with E-state index in [0.29, 0.717) is 51.5 Å². The van der Waals surface area contributed by atoms with E-state index in [4.69, 9.17) is 23.2 Å². The summed E-state index contributed by atoms with van der Waals surface area (Å²) in [5.41, 5.74) is 0.417. The van der Waals surface area contributed by atoms with Gasteiger partial charge >= 0.3 is 0 Å². The molecular formula is C16H17Cl2N7OS. The number of rotatable bonds is 8. The third kappa shape index (κ3) is 4.42. The first kappa shape index (κ1) is 19.7. The number of aromatic nitrogens is 5. The normalized spacial score (nSPS) is 11.0. The quantitative estimate of drug-likeness (QED) is 0.416. The molecule has 0 aliphatic heterocycles. The van der Waals surface area contributed by atoms with Crippen molar-refractivity contribution in [3.63, 3.8) is 0 Å². The van der Waals surface area contributed by atoms with Gasteiger partial charge in [0, 0.05) is 23.7 Å². The number of nitrogens with zero attached hydrogens (tertiary/aromatic N) is 5. The zero-order chi connectivity index (χ0) is 19.4. The molecule has 0 aliphatic carbocycles. The molecule has 0 saturated carbocycles. The molecule has 0 amide bonds. The van der Waals surface area contributed by atoms with Crippen LogP contribution in [-0.2, 0) is 0 Å². The minimum Gasteiger partial charge on any atom is -0.355 e. The van der Waals surface area contributed by atoms with Crippen molar-refractivity contribution in [3.8, 4) is 0 Å². The lowest BCUT2D eigenvalue weighted by molar-refractivity contribution is 0.102. The summed E-state index contributed by atoms with van der Waals surface area (Å²) >= 11 is 13.2. The second-order valence-electron chi connectivity index (χ2n) is 5.39. The van der Waals surface area contributed by atoms with Crippen LogP contribution in [0.4, 0.5) is 11.9 Å². The first-order valence-electron chi connectivity index (χ1n) is 8.25. The summed E-state index contributed by atoms with van der Waals surface area (Å²) < 4.78 is 1.69. The summed E-state index contributed by atoms with van der Waals surface area (Å²) in [6.07, 6.45) is 0. The van der Waals surface area contributed by atoms with Crippen molar-refractivity contribution in [1.29, 1.82) is 0 Å². The summed E-state index contributed by atoms with van der Waals surface area (Å²) in [5.74, 6) is 1.43. The lowest BCUT2D eigenvalue weighted by Crippen LogP contribution is -2.12. The number of carbonyl (C=O) groups excluding carboxylic acids is 1. The second-order valence-corrected chi connectivity index (χ2v) is 7.17. The molecule has 0 radical (unpaired) electrons. The molecule has 0 fully saturated rings. The number of hydrogen-bond donors (Lipinski definition) is 2. The molecule has 8 nitrogen and oxygen atoms in total. The van der Waals surface area contributed by atoms with E-state index < -0.39 is 0 Å². The van der Waals surface area contributed by atoms with Gasteiger partial charge < -0.3 is 10.6 Å². The van der Waals surface area contributed by atoms with Crippen molar-refractivity contribution in [2.24, 2.45) is 0 Å². The third-order valence-corrected chi connectivity index (χ3v) is 4.96. The number of halogens is 2. The molecule has 2 aromatic heterocycles. The van der Waals surface area contributed by atoms with Crippen LogP contribution in [0.1, 0.15) is 24.2 Å². The van der Waals surface area contributed by atoms with E-state index >= 15 is 0 Å². The lowest BCUT2D eigenvalue weighted by Gasteiger charge is -2.09. The molecule has 0 bridgehead atoms. The van der Waals surface area contributed by atoms with E-state index in [1.165, 1.54) is 11.8 Å². The number of Topliss-reactive ketones (excluding diaryl/α,β-unsaturated/α-hetero) is 1. The largest absolute Gasteiger partial charge is 0.355 e. The Labute approximate surface area is 170 Å². The predicted octanol–water partition coefficient (Wildman–Crippen LogP) is 3.66. The molecule has 3 rings (SSSR count). The van der Waals surface area contributed by atoms with Gasteiger partial charge in [0.1, 0.15) is 0 Å². The van der Waals surface area contributed by atoms with Gasteiger partial charge in [0.2, 0.25) is 11.9 Å². The van der Waals surface area contributed by atoms with Crippen molar-refractivity contribution < 1.29 is 4.79 Å². The van der Waals surface area contributed by atoms with Gasteiger partial charge in [0.05, 0.1) is 10.8 Å². The number of hydrogen-bond acceptors (Lipinski definition) is 8. The fourth-order valence-electron chi connectivity index (χ4n) is 2.32. The Hall–Kier alpha value is -2.10. The van der Waals surface area contributed by atoms with Gasteiger partial charge in [-0.05, 0) is 32.0 Å². The maximum absolute atomic E-state index is 12.5. The minimum atomic E-state index is -0.131. The maximum Gasteiger partial charge on any atom is 0.261 e. The van der Waals surface area contributed by atoms with Gasteiger partial charge in [0.15, 0.2) is 10.9 Å². The first-order chi connectivity index (χ1) is 13.0. The standard InChI is InChI=1S/C16H17Cl2N7OS/c1-3-19-13-21-14(20-4-2)25-15(22-13)23-24-16(25)27-8-12(26)10-6-5-9(17)7-11(10)18/h5-7H,3-4,8H2,1-2H3,(H2,19,20,21,22,23). The van der Waals surface area contributed by atoms with Crippen molar-refractivity contribution in [1.82, 2.24) is 24.6 Å². The smallest absolute Gasteiger partial charge is 0.261 e. The molecule has 2 N–H and O–H groups in total. The number of carbonyl (C=O) groups is 1. The molecule has 142 valence electrons. The van der Waals surface area contributed by atoms with Crippen LogP contribution in [0, 0.1) is 0 Å². The molecule has 0 unspecified atom stereocenters. The van der Waals surface area contributed by atoms with E-state index in [9.17, 15) is 4.79 Å². The van der Waals surface area contributed by atoms with Gasteiger partial charge in [-0.3, -0.25) is 4.79 Å². The van der Waals surface area contributed by atoms with Crippen LogP contribution in [0.5, 0.6) is 0 Å². The average Bonchev–Trinajstić information content (AvgIpc) is 3.03. The zero-order valence-corrected chi connectivity index (χ0v) is 17.0. The molecule has 11 heteroatoms. The van der Waals surface area contributed by atoms with Crippen molar-refractivity contribution in [2.45, 2.75) is 19.0 Å². The summed E-state index contributed by atoms with van der Waals surface area (Å²) in [6, 6.07) is 4.80. The summed E-state index contributed by atoms with van der Waals surface area (Å²) in [4.78, 5) is 21.3. The molecule has 0 aliphatic rings. The molecule has 0 saturated heterocycles. The molecular weight excluding hydrogens is 409 g/mol. The number of ketones is 1. The van der Waals surface area contributed by atoms with Gasteiger partial charge in [-0.15, -0.1) is 10.2 Å². The summed E-state index contributed by atoms with van der Waals surface area (Å²) in [7, 11) is 0. The number of nitrogens with one attached hydrogen (secondary N) is 2. The zero-order valence-electron chi connectivity index (χ0n) is 14.7. The Morgan fingerprint density at radius 1 is 1.15 bits per heavy atom. The van der Waals surface area contributed by atoms with Crippen LogP contribution in [0.3, 0.4) is 0 Å². The van der Waals surface area contributed by atoms with Crippen LogP contribution in [-0.4, -0.2) is 49.2 Å². The molecule has 2 heterocycles. The van der Waals surface area contributed by atoms with Crippen molar-refractivity contribution in [2.75, 3.05) is 29.5 Å². The molecule has 1 aromatic carbocycles. The number of benzene rings is 1. The van der Waals surface area contributed by atoms with Crippen LogP contribution < -0.4 is 10.6 Å². The first-order valence-corrected chi connectivity index (χ1v) is 9.99. The summed E-state index contributed by atoms with van der Waals surface area (Å²) in [6.45, 7) is 5.27. The Kier molecular flexibility index (Phi) is 6.35. The van der Waals surface area contributed by atoms with Gasteiger partial charge in [-0.25, -0.2) is 4.40 Å². The Morgan fingerprint density at radius 3 is 2.63 bits per heavy atom. The SMILES string of the molecule is CCNc1nc(NCC)n2c(SCC(=O)c3ccc(Cl)cc3Cl)nnc2n1. The van der Waals surface area contributed by atoms with Crippen LogP contribution in [0.25, 0.3) is 5.78 Å². The van der Waals surface area contributed by atoms with Crippen molar-refractivity contribution >= 4 is 58.4 Å². The fourth-order valence-corrected chi connectivity index (χ4v) is 3.65. The maximum atomic E-state index is 12.5. The highest BCUT2D eigenvalue weighted by molar-refractivity contribution is 7.99. The van der Waals surface area contributed by atoms with Crippen molar-refractivity contribution in [3.05, 3.63) is 33.8 Å². The predicted molar refractivity (Wildman–Crippen MR) is 108 cm³/mol. The van der Waals surface area contributed by atoms with Crippen LogP contribution >= 0.6 is 35.0 Å². The Morgan fingerprint density at radius 2 is 1.93 bits per heavy atom. The Balaban J connectivity index is 1.85. The minimum absolute atomic E-state index is 0.131. The Bertz CT molecular complexity index is 979. The lowest BCUT2D eigenvalue weighted by atomic mass is 10.1. The highest BCUT2D eigenvalue weighted by Gasteiger charge is 2.17. The van der Waals surface area contributed by atoms with E-state index in [2.05, 4.69) is 30.8 Å². The highest BCUT2D eigenvalue weighted by atomic mass is 35.5. The van der Waals surface area contributed by atoms with E-state index in [1.54, 1.807) is 22.6 Å². The fraction of sp³-hybridized carbons (Fsp3) is 0.312. The molecule has 0 spiro atoms. The van der Waals surface area contributed by atoms with Crippen LogP contribution in [0.15, 0.2) is 23.4 Å². The van der Waals surface area contributed by atoms with Crippen LogP contribution in [0.2, 0.25) is 10.0 Å². The third-order valence-electron chi connectivity index (χ3n) is 3.48. The molecule has 0 atom stereocenters. The highest BCUT2D eigenvalue weighted by Crippen LogP contribution is 2.25. The summed E-state index contributed by atoms with van der Waals surface area (Å²) in [5, 5.41) is 15.8. The topological polar surface area (TPSA) is 97.1 Å². The van der Waals surface area contributed by atoms with E-state index in [0.717, 1.165) is 0 Å². The monoisotopic (exact) mass is 425 g/mol. The molecule has 27 heavy (non-hydrogen) atoms. The van der Waals surface area contributed by atoms with Gasteiger partial charge in [-0.1, -0.05) is 35.0 Å². The van der Waals surface area contributed by atoms with E-state index in [1.807, 2.05) is 13.8 Å². The molecule has 3 aromatic rings.